The van der Waals surface area contributed by atoms with Gasteiger partial charge in [0.25, 0.3) is 0 Å². The van der Waals surface area contributed by atoms with Crippen LogP contribution in [0.1, 0.15) is 10.4 Å². The van der Waals surface area contributed by atoms with Crippen molar-refractivity contribution in [3.05, 3.63) is 48.0 Å². The fourth-order valence-electron chi connectivity index (χ4n) is 2.15. The summed E-state index contributed by atoms with van der Waals surface area (Å²) >= 11 is 1.28. The van der Waals surface area contributed by atoms with Crippen molar-refractivity contribution >= 4 is 40.0 Å². The van der Waals surface area contributed by atoms with Gasteiger partial charge in [0.1, 0.15) is 5.75 Å². The number of nitrogens with one attached hydrogen (secondary N) is 2. The molecule has 0 atom stereocenters. The van der Waals surface area contributed by atoms with E-state index in [9.17, 15) is 4.79 Å². The summed E-state index contributed by atoms with van der Waals surface area (Å²) in [6.45, 7) is 0. The van der Waals surface area contributed by atoms with Gasteiger partial charge in [-0.1, -0.05) is 23.9 Å². The van der Waals surface area contributed by atoms with E-state index in [0.717, 1.165) is 5.69 Å². The van der Waals surface area contributed by atoms with E-state index < -0.39 is 5.97 Å². The quantitative estimate of drug-likeness (QED) is 0.273. The Balaban J connectivity index is 2.50. The summed E-state index contributed by atoms with van der Waals surface area (Å²) in [5.74, 6) is 0.198. The monoisotopic (exact) mass is 370 g/mol. The van der Waals surface area contributed by atoms with E-state index in [1.54, 1.807) is 31.6 Å². The highest BCUT2D eigenvalue weighted by molar-refractivity contribution is 8.13. The van der Waals surface area contributed by atoms with Crippen LogP contribution in [0.5, 0.6) is 5.75 Å². The van der Waals surface area contributed by atoms with E-state index in [4.69, 9.17) is 14.7 Å². The van der Waals surface area contributed by atoms with Crippen molar-refractivity contribution in [2.45, 2.75) is 0 Å². The first-order valence-corrected chi connectivity index (χ1v) is 8.75. The fourth-order valence-corrected chi connectivity index (χ4v) is 2.49. The van der Waals surface area contributed by atoms with Gasteiger partial charge in [-0.15, -0.1) is 0 Å². The Labute approximate surface area is 156 Å². The van der Waals surface area contributed by atoms with Crippen LogP contribution in [0.25, 0.3) is 0 Å². The molecule has 0 unspecified atom stereocenters. The molecule has 7 nitrogen and oxygen atoms in total. The van der Waals surface area contributed by atoms with Gasteiger partial charge in [-0.3, -0.25) is 5.32 Å². The minimum Gasteiger partial charge on any atom is -0.495 e. The molecule has 26 heavy (non-hydrogen) atoms. The van der Waals surface area contributed by atoms with Gasteiger partial charge in [-0.25, -0.2) is 9.79 Å². The van der Waals surface area contributed by atoms with Crippen molar-refractivity contribution in [1.82, 2.24) is 5.32 Å². The zero-order valence-corrected chi connectivity index (χ0v) is 15.4. The Hall–Kier alpha value is -3.18. The normalized spacial score (nSPS) is 10.6. The Bertz CT molecular complexity index is 862. The van der Waals surface area contributed by atoms with Crippen molar-refractivity contribution in [3.8, 4) is 11.9 Å². The molecule has 0 aliphatic carbocycles. The van der Waals surface area contributed by atoms with Gasteiger partial charge in [0.2, 0.25) is 0 Å². The SMILES string of the molecule is COC(=O)c1ccc(Nc2ccccc2OC)c(N=C(NC#N)SC)c1. The van der Waals surface area contributed by atoms with E-state index in [1.165, 1.54) is 18.9 Å². The predicted molar refractivity (Wildman–Crippen MR) is 103 cm³/mol. The molecule has 2 aromatic rings. The highest BCUT2D eigenvalue weighted by atomic mass is 32.2. The molecular formula is C18H18N4O3S. The number of nitrogens with zero attached hydrogens (tertiary/aromatic N) is 2. The molecule has 0 aliphatic rings. The number of hydrogen-bond donors (Lipinski definition) is 2. The smallest absolute Gasteiger partial charge is 0.337 e. The highest BCUT2D eigenvalue weighted by Gasteiger charge is 2.12. The lowest BCUT2D eigenvalue weighted by Crippen LogP contribution is -2.12. The predicted octanol–water partition coefficient (Wildman–Crippen LogP) is 3.65. The molecule has 0 saturated heterocycles. The highest BCUT2D eigenvalue weighted by Crippen LogP contribution is 2.33. The second-order valence-electron chi connectivity index (χ2n) is 4.91. The number of hydrogen-bond acceptors (Lipinski definition) is 7. The minimum atomic E-state index is -0.468. The number of para-hydroxylation sites is 2. The van der Waals surface area contributed by atoms with E-state index in [-0.39, 0.29) is 0 Å². The Morgan fingerprint density at radius 3 is 2.62 bits per heavy atom. The molecule has 134 valence electrons. The molecule has 0 aromatic heterocycles. The van der Waals surface area contributed by atoms with Gasteiger partial charge in [-0.2, -0.15) is 5.26 Å². The number of benzene rings is 2. The van der Waals surface area contributed by atoms with Crippen LogP contribution in [-0.2, 0) is 4.74 Å². The van der Waals surface area contributed by atoms with Crippen molar-refractivity contribution in [2.24, 2.45) is 4.99 Å². The number of anilines is 2. The minimum absolute atomic E-state index is 0.356. The molecule has 2 N–H and O–H groups in total. The molecule has 0 aliphatic heterocycles. The van der Waals surface area contributed by atoms with Crippen LogP contribution in [0.2, 0.25) is 0 Å². The summed E-state index contributed by atoms with van der Waals surface area (Å²) < 4.78 is 10.1. The number of amidine groups is 1. The zero-order valence-electron chi connectivity index (χ0n) is 14.6. The first-order valence-electron chi connectivity index (χ1n) is 7.53. The third-order valence-corrected chi connectivity index (χ3v) is 3.95. The lowest BCUT2D eigenvalue weighted by molar-refractivity contribution is 0.0601. The number of thioether (sulfide) groups is 1. The molecule has 8 heteroatoms. The van der Waals surface area contributed by atoms with Crippen LogP contribution >= 0.6 is 11.8 Å². The van der Waals surface area contributed by atoms with Crippen LogP contribution in [0.3, 0.4) is 0 Å². The first-order chi connectivity index (χ1) is 12.6. The van der Waals surface area contributed by atoms with Gasteiger partial charge in [0, 0.05) is 0 Å². The molecule has 0 fully saturated rings. The van der Waals surface area contributed by atoms with Gasteiger partial charge in [0.15, 0.2) is 11.4 Å². The average Bonchev–Trinajstić information content (AvgIpc) is 2.68. The van der Waals surface area contributed by atoms with Crippen LogP contribution in [0.4, 0.5) is 17.1 Å². The van der Waals surface area contributed by atoms with Gasteiger partial charge < -0.3 is 14.8 Å². The second kappa shape index (κ2) is 9.34. The number of carbonyl (C=O) groups excluding carboxylic acids is 1. The summed E-state index contributed by atoms with van der Waals surface area (Å²) in [6, 6.07) is 12.4. The van der Waals surface area contributed by atoms with Crippen LogP contribution in [0, 0.1) is 11.5 Å². The van der Waals surface area contributed by atoms with E-state index >= 15 is 0 Å². The number of rotatable bonds is 5. The molecule has 0 amide bonds. The topological polar surface area (TPSA) is 95.7 Å². The molecule has 0 spiro atoms. The number of esters is 1. The molecule has 2 aromatic carbocycles. The van der Waals surface area contributed by atoms with Crippen LogP contribution in [0.15, 0.2) is 47.5 Å². The third-order valence-electron chi connectivity index (χ3n) is 3.37. The summed E-state index contributed by atoms with van der Waals surface area (Å²) in [7, 11) is 2.90. The van der Waals surface area contributed by atoms with Crippen molar-refractivity contribution < 1.29 is 14.3 Å². The van der Waals surface area contributed by atoms with E-state index in [1.807, 2.05) is 30.5 Å². The van der Waals surface area contributed by atoms with Crippen LogP contribution < -0.4 is 15.4 Å². The summed E-state index contributed by atoms with van der Waals surface area (Å²) in [5, 5.41) is 15.0. The number of aliphatic imine (C=N–C) groups is 1. The summed E-state index contributed by atoms with van der Waals surface area (Å²) in [5.41, 5.74) is 2.23. The van der Waals surface area contributed by atoms with Crippen molar-refractivity contribution in [1.29, 1.82) is 5.26 Å². The molecular weight excluding hydrogens is 352 g/mol. The standard InChI is InChI=1S/C18H18N4O3S/c1-24-16-7-5-4-6-14(16)21-13-9-8-12(17(23)25-2)10-15(13)22-18(26-3)20-11-19/h4-10,21H,1-3H3,(H,20,22). The molecule has 0 bridgehead atoms. The van der Waals surface area contributed by atoms with Crippen molar-refractivity contribution in [3.63, 3.8) is 0 Å². The largest absolute Gasteiger partial charge is 0.495 e. The van der Waals surface area contributed by atoms with Crippen LogP contribution in [-0.4, -0.2) is 31.6 Å². The maximum atomic E-state index is 11.8. The lowest BCUT2D eigenvalue weighted by Gasteiger charge is -2.14. The fraction of sp³-hybridized carbons (Fsp3) is 0.167. The lowest BCUT2D eigenvalue weighted by atomic mass is 10.1. The third kappa shape index (κ3) is 4.68. The summed E-state index contributed by atoms with van der Waals surface area (Å²) in [4.78, 5) is 16.3. The number of carbonyl (C=O) groups is 1. The zero-order chi connectivity index (χ0) is 18.9. The summed E-state index contributed by atoms with van der Waals surface area (Å²) in [6.07, 6.45) is 3.63. The maximum absolute atomic E-state index is 11.8. The molecule has 0 saturated carbocycles. The molecule has 0 radical (unpaired) electrons. The Morgan fingerprint density at radius 1 is 1.19 bits per heavy atom. The second-order valence-corrected chi connectivity index (χ2v) is 5.70. The molecule has 2 rings (SSSR count). The van der Waals surface area contributed by atoms with Gasteiger partial charge in [-0.05, 0) is 36.6 Å². The van der Waals surface area contributed by atoms with Gasteiger partial charge in [0.05, 0.1) is 36.8 Å². The van der Waals surface area contributed by atoms with Crippen molar-refractivity contribution in [2.75, 3.05) is 25.8 Å². The molecule has 0 heterocycles. The Kier molecular flexibility index (Phi) is 6.88. The first kappa shape index (κ1) is 19.1. The average molecular weight is 370 g/mol. The Morgan fingerprint density at radius 2 is 1.96 bits per heavy atom. The van der Waals surface area contributed by atoms with E-state index in [0.29, 0.717) is 27.9 Å². The number of methoxy groups -OCH3 is 2. The van der Waals surface area contributed by atoms with E-state index in [2.05, 4.69) is 15.6 Å². The number of ether oxygens (including phenoxy) is 2. The maximum Gasteiger partial charge on any atom is 0.337 e. The van der Waals surface area contributed by atoms with Gasteiger partial charge >= 0.3 is 5.97 Å². The number of nitriles is 1.